The molecule has 1 fully saturated rings. The first-order chi connectivity index (χ1) is 14.7. The fourth-order valence-corrected chi connectivity index (χ4v) is 4.53. The van der Waals surface area contributed by atoms with Gasteiger partial charge in [-0.25, -0.2) is 9.78 Å². The molecule has 0 bridgehead atoms. The first-order valence-corrected chi connectivity index (χ1v) is 10.6. The van der Waals surface area contributed by atoms with Crippen molar-refractivity contribution in [3.63, 3.8) is 0 Å². The van der Waals surface area contributed by atoms with Gasteiger partial charge in [-0.05, 0) is 60.9 Å². The summed E-state index contributed by atoms with van der Waals surface area (Å²) in [6.07, 6.45) is 6.02. The van der Waals surface area contributed by atoms with Gasteiger partial charge >= 0.3 is 5.97 Å². The average molecular weight is 397 g/mol. The molecule has 5 rings (SSSR count). The fourth-order valence-electron chi connectivity index (χ4n) is 4.53. The number of hydrogen-bond acceptors (Lipinski definition) is 4. The highest BCUT2D eigenvalue weighted by atomic mass is 16.5. The number of para-hydroxylation sites is 1. The Bertz CT molecular complexity index is 1160. The van der Waals surface area contributed by atoms with Gasteiger partial charge in [0.1, 0.15) is 0 Å². The van der Waals surface area contributed by atoms with Crippen molar-refractivity contribution in [2.75, 3.05) is 0 Å². The zero-order valence-corrected chi connectivity index (χ0v) is 16.8. The lowest BCUT2D eigenvalue weighted by Crippen LogP contribution is -2.30. The van der Waals surface area contributed by atoms with Crippen LogP contribution in [0.15, 0.2) is 54.6 Å². The summed E-state index contributed by atoms with van der Waals surface area (Å²) >= 11 is 0. The van der Waals surface area contributed by atoms with Gasteiger partial charge in [0, 0.05) is 11.8 Å². The number of fused-ring (bicyclic) bond motifs is 2. The predicted molar refractivity (Wildman–Crippen MR) is 117 cm³/mol. The highest BCUT2D eigenvalue weighted by Crippen LogP contribution is 2.38. The van der Waals surface area contributed by atoms with E-state index in [-0.39, 0.29) is 5.78 Å². The van der Waals surface area contributed by atoms with Crippen LogP contribution < -0.4 is 0 Å². The number of ether oxygens (including phenoxy) is 1. The molecule has 2 aliphatic rings. The zero-order chi connectivity index (χ0) is 20.5. The van der Waals surface area contributed by atoms with Crippen LogP contribution in [0.3, 0.4) is 0 Å². The van der Waals surface area contributed by atoms with Crippen LogP contribution in [0.2, 0.25) is 0 Å². The molecule has 0 radical (unpaired) electrons. The first-order valence-electron chi connectivity index (χ1n) is 10.6. The highest BCUT2D eigenvalue weighted by molar-refractivity contribution is 6.07. The Balaban J connectivity index is 1.59. The van der Waals surface area contributed by atoms with E-state index in [4.69, 9.17) is 9.72 Å². The molecule has 0 aliphatic heterocycles. The van der Waals surface area contributed by atoms with Crippen molar-refractivity contribution in [3.05, 3.63) is 77.0 Å². The van der Waals surface area contributed by atoms with E-state index in [2.05, 4.69) is 18.2 Å². The van der Waals surface area contributed by atoms with Crippen LogP contribution >= 0.6 is 0 Å². The van der Waals surface area contributed by atoms with Gasteiger partial charge in [-0.3, -0.25) is 4.79 Å². The average Bonchev–Trinajstić information content (AvgIpc) is 3.16. The maximum atomic E-state index is 13.3. The van der Waals surface area contributed by atoms with Gasteiger partial charge in [-0.15, -0.1) is 0 Å². The Hall–Kier alpha value is -3.27. The minimum absolute atomic E-state index is 0.0364. The smallest absolute Gasteiger partial charge is 0.339 e. The molecule has 150 valence electrons. The lowest BCUT2D eigenvalue weighted by Gasteiger charge is -2.21. The molecule has 1 atom stereocenters. The number of rotatable bonds is 3. The molecule has 1 unspecified atom stereocenters. The molecule has 1 heterocycles. The maximum absolute atomic E-state index is 13.3. The summed E-state index contributed by atoms with van der Waals surface area (Å²) in [5, 5.41) is 0.797. The summed E-state index contributed by atoms with van der Waals surface area (Å²) in [6, 6.07) is 17.8. The van der Waals surface area contributed by atoms with Gasteiger partial charge in [0.25, 0.3) is 0 Å². The topological polar surface area (TPSA) is 56.3 Å². The summed E-state index contributed by atoms with van der Waals surface area (Å²) < 4.78 is 5.74. The van der Waals surface area contributed by atoms with Crippen molar-refractivity contribution >= 4 is 34.3 Å². The second-order valence-electron chi connectivity index (χ2n) is 8.02. The van der Waals surface area contributed by atoms with Crippen LogP contribution in [-0.2, 0) is 16.0 Å². The third-order valence-electron chi connectivity index (χ3n) is 6.03. The van der Waals surface area contributed by atoms with Crippen molar-refractivity contribution in [2.45, 2.75) is 44.6 Å². The van der Waals surface area contributed by atoms with E-state index in [0.717, 1.165) is 59.0 Å². The molecular formula is C26H23NO3. The Labute approximate surface area is 175 Å². The Morgan fingerprint density at radius 2 is 1.77 bits per heavy atom. The fraction of sp³-hybridized carbons (Fsp3) is 0.269. The van der Waals surface area contributed by atoms with Crippen molar-refractivity contribution in [3.8, 4) is 0 Å². The van der Waals surface area contributed by atoms with E-state index in [1.807, 2.05) is 42.5 Å². The first kappa shape index (κ1) is 18.7. The number of hydrogen-bond donors (Lipinski definition) is 0. The molecule has 4 nitrogen and oxygen atoms in total. The van der Waals surface area contributed by atoms with E-state index in [1.54, 1.807) is 0 Å². The summed E-state index contributed by atoms with van der Waals surface area (Å²) in [5.74, 6) is -0.361. The number of Topliss-reactive ketones (excluding diaryl/α,β-unsaturated/α-hetero) is 1. The Morgan fingerprint density at radius 3 is 2.60 bits per heavy atom. The highest BCUT2D eigenvalue weighted by Gasteiger charge is 2.31. The Kier molecular flexibility index (Phi) is 4.91. The SMILES string of the molecule is O=C(OC1CCCCC1=O)c1c2c(nc3ccccc13)C(=Cc1ccccc1)CC2. The largest absolute Gasteiger partial charge is 0.451 e. The summed E-state index contributed by atoms with van der Waals surface area (Å²) in [4.78, 5) is 30.4. The van der Waals surface area contributed by atoms with Crippen LogP contribution in [0, 0.1) is 0 Å². The van der Waals surface area contributed by atoms with Crippen molar-refractivity contribution in [1.29, 1.82) is 0 Å². The van der Waals surface area contributed by atoms with Crippen molar-refractivity contribution in [2.24, 2.45) is 0 Å². The molecule has 3 aromatic rings. The molecule has 2 aliphatic carbocycles. The molecule has 0 spiro atoms. The molecule has 2 aromatic carbocycles. The maximum Gasteiger partial charge on any atom is 0.339 e. The van der Waals surface area contributed by atoms with Crippen LogP contribution in [-0.4, -0.2) is 22.8 Å². The second-order valence-corrected chi connectivity index (χ2v) is 8.02. The van der Waals surface area contributed by atoms with Crippen LogP contribution in [0.25, 0.3) is 22.6 Å². The van der Waals surface area contributed by atoms with Crippen molar-refractivity contribution < 1.29 is 14.3 Å². The van der Waals surface area contributed by atoms with Crippen LogP contribution in [0.5, 0.6) is 0 Å². The molecule has 1 saturated carbocycles. The van der Waals surface area contributed by atoms with Crippen molar-refractivity contribution in [1.82, 2.24) is 4.98 Å². The van der Waals surface area contributed by atoms with E-state index in [9.17, 15) is 9.59 Å². The molecule has 0 saturated heterocycles. The summed E-state index contributed by atoms with van der Waals surface area (Å²) in [5.41, 5.74) is 5.41. The standard InChI is InChI=1S/C26H23NO3/c28-22-12-6-7-13-23(22)30-26(29)24-19-10-4-5-11-21(19)27-25-18(14-15-20(24)25)16-17-8-2-1-3-9-17/h1-5,8-11,16,23H,6-7,12-15H2. The minimum Gasteiger partial charge on any atom is -0.451 e. The number of allylic oxidation sites excluding steroid dienone is 1. The van der Waals surface area contributed by atoms with Gasteiger partial charge < -0.3 is 4.74 Å². The number of carbonyl (C=O) groups is 2. The number of nitrogens with zero attached hydrogens (tertiary/aromatic N) is 1. The third-order valence-corrected chi connectivity index (χ3v) is 6.03. The number of esters is 1. The third kappa shape index (κ3) is 3.43. The molecule has 1 aromatic heterocycles. The number of pyridine rings is 1. The monoisotopic (exact) mass is 397 g/mol. The molecule has 30 heavy (non-hydrogen) atoms. The van der Waals surface area contributed by atoms with E-state index in [0.29, 0.717) is 18.4 Å². The Morgan fingerprint density at radius 1 is 0.967 bits per heavy atom. The summed E-state index contributed by atoms with van der Waals surface area (Å²) in [7, 11) is 0. The second kappa shape index (κ2) is 7.86. The van der Waals surface area contributed by atoms with E-state index < -0.39 is 12.1 Å². The lowest BCUT2D eigenvalue weighted by molar-refractivity contribution is -0.129. The van der Waals surface area contributed by atoms with E-state index >= 15 is 0 Å². The van der Waals surface area contributed by atoms with Gasteiger partial charge in [0.05, 0.1) is 16.8 Å². The summed E-state index contributed by atoms with van der Waals surface area (Å²) in [6.45, 7) is 0. The minimum atomic E-state index is -0.616. The van der Waals surface area contributed by atoms with Crippen LogP contribution in [0.4, 0.5) is 0 Å². The van der Waals surface area contributed by atoms with Crippen LogP contribution in [0.1, 0.15) is 59.3 Å². The van der Waals surface area contributed by atoms with Gasteiger partial charge in [0.2, 0.25) is 0 Å². The van der Waals surface area contributed by atoms with Gasteiger partial charge in [-0.1, -0.05) is 48.5 Å². The number of aromatic nitrogens is 1. The van der Waals surface area contributed by atoms with Gasteiger partial charge in [0.15, 0.2) is 11.9 Å². The van der Waals surface area contributed by atoms with E-state index in [1.165, 1.54) is 0 Å². The normalized spacial score (nSPS) is 19.8. The molecule has 0 amide bonds. The number of carbonyl (C=O) groups excluding carboxylic acids is 2. The van der Waals surface area contributed by atoms with Gasteiger partial charge in [-0.2, -0.15) is 0 Å². The molecular weight excluding hydrogens is 374 g/mol. The number of ketones is 1. The zero-order valence-electron chi connectivity index (χ0n) is 16.8. The lowest BCUT2D eigenvalue weighted by atomic mass is 9.96. The quantitative estimate of drug-likeness (QED) is 0.556. The number of benzene rings is 2. The molecule has 4 heteroatoms. The predicted octanol–water partition coefficient (Wildman–Crippen LogP) is 5.39. The molecule has 0 N–H and O–H groups in total.